The number of nitrogens with zero attached hydrogens (tertiary/aromatic N) is 1. The van der Waals surface area contributed by atoms with E-state index in [1.807, 2.05) is 6.07 Å². The second-order valence-corrected chi connectivity index (χ2v) is 3.09. The summed E-state index contributed by atoms with van der Waals surface area (Å²) in [6.45, 7) is 1.85. The summed E-state index contributed by atoms with van der Waals surface area (Å²) < 4.78 is 9.76. The van der Waals surface area contributed by atoms with Gasteiger partial charge in [-0.2, -0.15) is 5.26 Å². The van der Waals surface area contributed by atoms with E-state index in [0.717, 1.165) is 0 Å². The third-order valence-electron chi connectivity index (χ3n) is 2.12. The van der Waals surface area contributed by atoms with Crippen molar-refractivity contribution < 1.29 is 19.1 Å². The molecule has 0 aliphatic rings. The van der Waals surface area contributed by atoms with Crippen LogP contribution in [0.1, 0.15) is 33.2 Å². The van der Waals surface area contributed by atoms with Crippen LogP contribution in [0.2, 0.25) is 0 Å². The lowest BCUT2D eigenvalue weighted by atomic mass is 10.0. The van der Waals surface area contributed by atoms with Gasteiger partial charge < -0.3 is 9.47 Å². The summed E-state index contributed by atoms with van der Waals surface area (Å²) in [6.07, 6.45) is 0.463. The van der Waals surface area contributed by atoms with Crippen LogP contribution in [0.3, 0.4) is 0 Å². The van der Waals surface area contributed by atoms with Gasteiger partial charge in [-0.1, -0.05) is 0 Å². The molecule has 17 heavy (non-hydrogen) atoms. The molecule has 0 N–H and O–H groups in total. The molecule has 1 aromatic rings. The zero-order valence-electron chi connectivity index (χ0n) is 9.52. The van der Waals surface area contributed by atoms with E-state index in [9.17, 15) is 9.59 Å². The molecule has 0 spiro atoms. The Kier molecular flexibility index (Phi) is 4.23. The summed E-state index contributed by atoms with van der Waals surface area (Å²) in [7, 11) is 1.41. The highest BCUT2D eigenvalue weighted by Gasteiger charge is 2.17. The quantitative estimate of drug-likeness (QED) is 0.582. The molecule has 0 aliphatic heterocycles. The van der Waals surface area contributed by atoms with Gasteiger partial charge in [0.15, 0.2) is 6.29 Å². The van der Waals surface area contributed by atoms with Crippen molar-refractivity contribution in [3.63, 3.8) is 0 Å². The molecule has 88 valence electrons. The van der Waals surface area contributed by atoms with Gasteiger partial charge >= 0.3 is 5.97 Å². The summed E-state index contributed by atoms with van der Waals surface area (Å²) in [5.41, 5.74) is 0.145. The van der Waals surface area contributed by atoms with E-state index < -0.39 is 5.97 Å². The Bertz CT molecular complexity index is 488. The maximum Gasteiger partial charge on any atom is 0.339 e. The zero-order chi connectivity index (χ0) is 12.8. The maximum atomic E-state index is 11.6. The summed E-state index contributed by atoms with van der Waals surface area (Å²) in [4.78, 5) is 22.5. The molecule has 0 atom stereocenters. The Morgan fingerprint density at radius 3 is 2.71 bits per heavy atom. The SMILES string of the molecule is CCOC(=O)c1cc(OC)cc(C#N)c1C=O. The van der Waals surface area contributed by atoms with E-state index in [1.54, 1.807) is 6.92 Å². The van der Waals surface area contributed by atoms with Crippen LogP contribution in [0.15, 0.2) is 12.1 Å². The number of hydrogen-bond acceptors (Lipinski definition) is 5. The van der Waals surface area contributed by atoms with Crippen LogP contribution in [-0.4, -0.2) is 26.0 Å². The van der Waals surface area contributed by atoms with Gasteiger partial charge in [-0.15, -0.1) is 0 Å². The van der Waals surface area contributed by atoms with E-state index >= 15 is 0 Å². The van der Waals surface area contributed by atoms with Crippen molar-refractivity contribution in [2.75, 3.05) is 13.7 Å². The van der Waals surface area contributed by atoms with Gasteiger partial charge in [0.1, 0.15) is 11.8 Å². The lowest BCUT2D eigenvalue weighted by Gasteiger charge is -2.08. The maximum absolute atomic E-state index is 11.6. The molecule has 0 fully saturated rings. The van der Waals surface area contributed by atoms with E-state index in [1.165, 1.54) is 19.2 Å². The Morgan fingerprint density at radius 1 is 1.53 bits per heavy atom. The number of ether oxygens (including phenoxy) is 2. The fourth-order valence-electron chi connectivity index (χ4n) is 1.34. The normalized spacial score (nSPS) is 9.24. The van der Waals surface area contributed by atoms with Crippen molar-refractivity contribution in [3.8, 4) is 11.8 Å². The third kappa shape index (κ3) is 2.61. The van der Waals surface area contributed by atoms with Crippen LogP contribution in [0, 0.1) is 11.3 Å². The van der Waals surface area contributed by atoms with Crippen molar-refractivity contribution in [1.82, 2.24) is 0 Å². The minimum absolute atomic E-state index is 0.0201. The molecular formula is C12H11NO4. The average Bonchev–Trinajstić information content (AvgIpc) is 2.37. The first-order valence-corrected chi connectivity index (χ1v) is 4.92. The molecule has 0 saturated heterocycles. The number of methoxy groups -OCH3 is 1. The minimum atomic E-state index is -0.648. The number of aldehydes is 1. The average molecular weight is 233 g/mol. The number of carbonyl (C=O) groups excluding carboxylic acids is 2. The third-order valence-corrected chi connectivity index (χ3v) is 2.12. The predicted molar refractivity (Wildman–Crippen MR) is 59.1 cm³/mol. The van der Waals surface area contributed by atoms with Crippen molar-refractivity contribution in [3.05, 3.63) is 28.8 Å². The molecular weight excluding hydrogens is 222 g/mol. The highest BCUT2D eigenvalue weighted by molar-refractivity contribution is 6.00. The molecule has 0 saturated carbocycles. The van der Waals surface area contributed by atoms with Crippen molar-refractivity contribution in [2.24, 2.45) is 0 Å². The Hall–Kier alpha value is -2.35. The van der Waals surface area contributed by atoms with Crippen LogP contribution in [0.4, 0.5) is 0 Å². The highest BCUT2D eigenvalue weighted by Crippen LogP contribution is 2.21. The highest BCUT2D eigenvalue weighted by atomic mass is 16.5. The van der Waals surface area contributed by atoms with Gasteiger partial charge in [0.05, 0.1) is 24.8 Å². The van der Waals surface area contributed by atoms with E-state index in [2.05, 4.69) is 0 Å². The van der Waals surface area contributed by atoms with Crippen molar-refractivity contribution in [1.29, 1.82) is 5.26 Å². The second-order valence-electron chi connectivity index (χ2n) is 3.09. The summed E-state index contributed by atoms with van der Waals surface area (Å²) in [5, 5.41) is 8.89. The standard InChI is InChI=1S/C12H11NO4/c1-3-17-12(15)10-5-9(16-2)4-8(6-13)11(10)7-14/h4-5,7H,3H2,1-2H3. The molecule has 0 unspecified atom stereocenters. The topological polar surface area (TPSA) is 76.4 Å². The minimum Gasteiger partial charge on any atom is -0.497 e. The van der Waals surface area contributed by atoms with Gasteiger partial charge in [0.2, 0.25) is 0 Å². The monoisotopic (exact) mass is 233 g/mol. The Morgan fingerprint density at radius 2 is 2.24 bits per heavy atom. The second kappa shape index (κ2) is 5.66. The summed E-state index contributed by atoms with van der Waals surface area (Å²) >= 11 is 0. The van der Waals surface area contributed by atoms with Crippen LogP contribution < -0.4 is 4.74 Å². The van der Waals surface area contributed by atoms with Crippen molar-refractivity contribution >= 4 is 12.3 Å². The number of benzene rings is 1. The van der Waals surface area contributed by atoms with E-state index in [4.69, 9.17) is 14.7 Å². The Balaban J connectivity index is 3.40. The smallest absolute Gasteiger partial charge is 0.339 e. The van der Waals surface area contributed by atoms with Crippen LogP contribution in [0.5, 0.6) is 5.75 Å². The zero-order valence-corrected chi connectivity index (χ0v) is 9.52. The molecule has 1 rings (SSSR count). The van der Waals surface area contributed by atoms with Gasteiger partial charge in [-0.3, -0.25) is 4.79 Å². The first-order chi connectivity index (χ1) is 8.17. The van der Waals surface area contributed by atoms with E-state index in [0.29, 0.717) is 12.0 Å². The number of esters is 1. The van der Waals surface area contributed by atoms with Crippen LogP contribution >= 0.6 is 0 Å². The van der Waals surface area contributed by atoms with Gasteiger partial charge in [-0.25, -0.2) is 4.79 Å². The fraction of sp³-hybridized carbons (Fsp3) is 0.250. The lowest BCUT2D eigenvalue weighted by molar-refractivity contribution is 0.0523. The molecule has 0 amide bonds. The Labute approximate surface area is 98.6 Å². The molecule has 5 heteroatoms. The first kappa shape index (κ1) is 12.7. The molecule has 0 bridgehead atoms. The van der Waals surface area contributed by atoms with Gasteiger partial charge in [-0.05, 0) is 19.1 Å². The largest absolute Gasteiger partial charge is 0.497 e. The molecule has 0 heterocycles. The molecule has 0 aromatic heterocycles. The number of carbonyl (C=O) groups is 2. The van der Waals surface area contributed by atoms with Gasteiger partial charge in [0, 0.05) is 5.56 Å². The molecule has 1 aromatic carbocycles. The van der Waals surface area contributed by atoms with Gasteiger partial charge in [0.25, 0.3) is 0 Å². The summed E-state index contributed by atoms with van der Waals surface area (Å²) in [6, 6.07) is 4.61. The lowest BCUT2D eigenvalue weighted by Crippen LogP contribution is -2.09. The van der Waals surface area contributed by atoms with Crippen LogP contribution in [-0.2, 0) is 4.74 Å². The number of nitriles is 1. The summed E-state index contributed by atoms with van der Waals surface area (Å²) in [5.74, 6) is -0.319. The van der Waals surface area contributed by atoms with E-state index in [-0.39, 0.29) is 23.3 Å². The molecule has 0 radical (unpaired) electrons. The van der Waals surface area contributed by atoms with Crippen molar-refractivity contribution in [2.45, 2.75) is 6.92 Å². The fourth-order valence-corrected chi connectivity index (χ4v) is 1.34. The number of hydrogen-bond donors (Lipinski definition) is 0. The first-order valence-electron chi connectivity index (χ1n) is 4.92. The number of rotatable bonds is 4. The molecule has 0 aliphatic carbocycles. The predicted octanol–water partition coefficient (Wildman–Crippen LogP) is 1.56. The molecule has 5 nitrogen and oxygen atoms in total. The van der Waals surface area contributed by atoms with Crippen LogP contribution in [0.25, 0.3) is 0 Å².